The van der Waals surface area contributed by atoms with Crippen molar-refractivity contribution in [2.75, 3.05) is 4.90 Å². The zero-order chi connectivity index (χ0) is 15.7. The second kappa shape index (κ2) is 5.40. The number of pyridine rings is 2. The zero-order valence-corrected chi connectivity index (χ0v) is 11.8. The Morgan fingerprint density at radius 2 is 2.05 bits per heavy atom. The molecule has 0 aromatic carbocycles. The Balaban J connectivity index is 2.18. The van der Waals surface area contributed by atoms with Gasteiger partial charge in [0.05, 0.1) is 11.6 Å². The Labute approximate surface area is 126 Å². The highest BCUT2D eigenvalue weighted by Crippen LogP contribution is 2.39. The fourth-order valence-electron chi connectivity index (χ4n) is 2.55. The zero-order valence-electron chi connectivity index (χ0n) is 11.8. The molecule has 22 heavy (non-hydrogen) atoms. The highest BCUT2D eigenvalue weighted by molar-refractivity contribution is 6.15. The van der Waals surface area contributed by atoms with Crippen LogP contribution in [0.1, 0.15) is 18.5 Å². The van der Waals surface area contributed by atoms with Gasteiger partial charge in [-0.2, -0.15) is 0 Å². The summed E-state index contributed by atoms with van der Waals surface area (Å²) in [6, 6.07) is 7.85. The first kappa shape index (κ1) is 13.9. The molecule has 0 saturated carbocycles. The number of Topliss-reactive ketones (excluding diaryl/α,β-unsaturated/α-hetero) is 1. The Morgan fingerprint density at radius 3 is 2.64 bits per heavy atom. The minimum Gasteiger partial charge on any atom is -0.503 e. The minimum atomic E-state index is -0.728. The maximum atomic E-state index is 12.4. The molecule has 0 saturated heterocycles. The summed E-state index contributed by atoms with van der Waals surface area (Å²) < 4.78 is 0. The van der Waals surface area contributed by atoms with Crippen LogP contribution in [-0.4, -0.2) is 26.8 Å². The van der Waals surface area contributed by atoms with Crippen LogP contribution in [0.2, 0.25) is 0 Å². The summed E-state index contributed by atoms with van der Waals surface area (Å²) in [4.78, 5) is 33.8. The highest BCUT2D eigenvalue weighted by atomic mass is 16.3. The normalized spacial score (nSPS) is 18.0. The Bertz CT molecular complexity index is 757. The van der Waals surface area contributed by atoms with E-state index in [-0.39, 0.29) is 11.4 Å². The van der Waals surface area contributed by atoms with Crippen molar-refractivity contribution >= 4 is 17.5 Å². The van der Waals surface area contributed by atoms with E-state index in [4.69, 9.17) is 0 Å². The first-order chi connectivity index (χ1) is 10.6. The molecule has 2 aromatic heterocycles. The topological polar surface area (TPSA) is 83.4 Å². The second-order valence-corrected chi connectivity index (χ2v) is 4.87. The molecule has 0 aliphatic carbocycles. The Hall–Kier alpha value is -3.02. The van der Waals surface area contributed by atoms with Crippen LogP contribution in [0.25, 0.3) is 0 Å². The van der Waals surface area contributed by atoms with Crippen LogP contribution in [0.5, 0.6) is 0 Å². The van der Waals surface area contributed by atoms with Crippen molar-refractivity contribution in [3.8, 4) is 0 Å². The van der Waals surface area contributed by atoms with Crippen molar-refractivity contribution in [3.05, 3.63) is 65.8 Å². The van der Waals surface area contributed by atoms with Crippen LogP contribution in [-0.2, 0) is 9.59 Å². The molecule has 6 nitrogen and oxygen atoms in total. The van der Waals surface area contributed by atoms with Gasteiger partial charge in [-0.05, 0) is 30.7 Å². The van der Waals surface area contributed by atoms with E-state index in [0.29, 0.717) is 11.4 Å². The molecule has 3 rings (SSSR count). The summed E-state index contributed by atoms with van der Waals surface area (Å²) in [5.41, 5.74) is 0.694. The van der Waals surface area contributed by atoms with Crippen LogP contribution in [0.15, 0.2) is 60.3 Å². The van der Waals surface area contributed by atoms with Crippen LogP contribution >= 0.6 is 0 Å². The number of aliphatic hydroxyl groups excluding tert-OH is 1. The number of carbonyl (C=O) groups is 2. The average Bonchev–Trinajstić information content (AvgIpc) is 2.81. The lowest BCUT2D eigenvalue weighted by atomic mass is 9.98. The molecule has 1 atom stereocenters. The molecule has 2 aromatic rings. The molecule has 1 aliphatic rings. The summed E-state index contributed by atoms with van der Waals surface area (Å²) >= 11 is 0. The van der Waals surface area contributed by atoms with Crippen LogP contribution in [0, 0.1) is 0 Å². The largest absolute Gasteiger partial charge is 0.503 e. The number of anilines is 1. The monoisotopic (exact) mass is 295 g/mol. The number of hydrogen-bond acceptors (Lipinski definition) is 5. The van der Waals surface area contributed by atoms with Gasteiger partial charge in [0.25, 0.3) is 5.91 Å². The maximum absolute atomic E-state index is 12.4. The Morgan fingerprint density at radius 1 is 1.23 bits per heavy atom. The molecule has 110 valence electrons. The lowest BCUT2D eigenvalue weighted by Crippen LogP contribution is -2.31. The van der Waals surface area contributed by atoms with Gasteiger partial charge in [-0.25, -0.2) is 4.98 Å². The van der Waals surface area contributed by atoms with E-state index in [1.807, 2.05) is 0 Å². The van der Waals surface area contributed by atoms with Gasteiger partial charge in [-0.3, -0.25) is 19.5 Å². The highest BCUT2D eigenvalue weighted by Gasteiger charge is 2.43. The van der Waals surface area contributed by atoms with Gasteiger partial charge in [0, 0.05) is 18.6 Å². The number of carbonyl (C=O) groups excluding carboxylic acids is 2. The lowest BCUT2D eigenvalue weighted by molar-refractivity contribution is -0.117. The molecule has 3 heterocycles. The first-order valence-electron chi connectivity index (χ1n) is 6.70. The van der Waals surface area contributed by atoms with E-state index in [0.717, 1.165) is 0 Å². The fraction of sp³-hybridized carbons (Fsp3) is 0.125. The minimum absolute atomic E-state index is 0.0589. The molecular formula is C16H13N3O3. The fourth-order valence-corrected chi connectivity index (χ4v) is 2.55. The summed E-state index contributed by atoms with van der Waals surface area (Å²) in [6.07, 6.45) is 4.71. The number of amides is 1. The molecule has 0 bridgehead atoms. The van der Waals surface area contributed by atoms with E-state index >= 15 is 0 Å². The quantitative estimate of drug-likeness (QED) is 0.936. The summed E-state index contributed by atoms with van der Waals surface area (Å²) in [6.45, 7) is 1.32. The van der Waals surface area contributed by atoms with Crippen molar-refractivity contribution in [1.82, 2.24) is 9.97 Å². The smallest absolute Gasteiger partial charge is 0.295 e. The number of ketones is 1. The number of rotatable bonds is 3. The van der Waals surface area contributed by atoms with Crippen molar-refractivity contribution < 1.29 is 14.7 Å². The summed E-state index contributed by atoms with van der Waals surface area (Å²) in [5, 5.41) is 10.1. The Kier molecular flexibility index (Phi) is 3.42. The molecule has 1 aliphatic heterocycles. The van der Waals surface area contributed by atoms with Crippen molar-refractivity contribution in [2.24, 2.45) is 0 Å². The number of aromatic nitrogens is 2. The van der Waals surface area contributed by atoms with Gasteiger partial charge in [-0.1, -0.05) is 12.1 Å². The molecule has 0 spiro atoms. The molecule has 0 radical (unpaired) electrons. The van der Waals surface area contributed by atoms with Crippen LogP contribution < -0.4 is 4.90 Å². The van der Waals surface area contributed by atoms with E-state index in [9.17, 15) is 14.7 Å². The third kappa shape index (κ3) is 2.14. The molecular weight excluding hydrogens is 282 g/mol. The average molecular weight is 295 g/mol. The van der Waals surface area contributed by atoms with Crippen molar-refractivity contribution in [2.45, 2.75) is 13.0 Å². The molecule has 1 amide bonds. The third-order valence-electron chi connectivity index (χ3n) is 3.48. The number of nitrogens with zero attached hydrogens (tertiary/aromatic N) is 3. The van der Waals surface area contributed by atoms with Gasteiger partial charge >= 0.3 is 0 Å². The molecule has 0 unspecified atom stereocenters. The standard InChI is InChI=1S/C16H13N3O3/c1-10(20)13-14(11-5-4-7-17-9-11)19(16(22)15(13)21)12-6-2-3-8-18-12/h2-9,14,21H,1H3/t14-/m0/s1. The van der Waals surface area contributed by atoms with E-state index in [1.54, 1.807) is 48.9 Å². The van der Waals surface area contributed by atoms with Crippen molar-refractivity contribution in [3.63, 3.8) is 0 Å². The summed E-state index contributed by atoms with van der Waals surface area (Å²) in [7, 11) is 0. The number of aliphatic hydroxyl groups is 1. The van der Waals surface area contributed by atoms with Gasteiger partial charge in [0.15, 0.2) is 11.5 Å². The summed E-state index contributed by atoms with van der Waals surface area (Å²) in [5.74, 6) is -1.17. The molecule has 0 fully saturated rings. The van der Waals surface area contributed by atoms with E-state index < -0.39 is 17.7 Å². The molecule has 1 N–H and O–H groups in total. The first-order valence-corrected chi connectivity index (χ1v) is 6.70. The van der Waals surface area contributed by atoms with Crippen molar-refractivity contribution in [1.29, 1.82) is 0 Å². The van der Waals surface area contributed by atoms with E-state index in [2.05, 4.69) is 9.97 Å². The predicted molar refractivity (Wildman–Crippen MR) is 79.0 cm³/mol. The number of hydrogen-bond donors (Lipinski definition) is 1. The van der Waals surface area contributed by atoms with Crippen LogP contribution in [0.4, 0.5) is 5.82 Å². The van der Waals surface area contributed by atoms with Gasteiger partial charge < -0.3 is 5.11 Å². The SMILES string of the molecule is CC(=O)C1=C(O)C(=O)N(c2ccccn2)[C@H]1c1cccnc1. The second-order valence-electron chi connectivity index (χ2n) is 4.87. The van der Waals surface area contributed by atoms with Gasteiger partial charge in [0.2, 0.25) is 0 Å². The molecule has 6 heteroatoms. The maximum Gasteiger partial charge on any atom is 0.295 e. The third-order valence-corrected chi connectivity index (χ3v) is 3.48. The van der Waals surface area contributed by atoms with Crippen LogP contribution in [0.3, 0.4) is 0 Å². The van der Waals surface area contributed by atoms with E-state index in [1.165, 1.54) is 11.8 Å². The predicted octanol–water partition coefficient (Wildman–Crippen LogP) is 1.97. The van der Waals surface area contributed by atoms with Gasteiger partial charge in [-0.15, -0.1) is 0 Å². The lowest BCUT2D eigenvalue weighted by Gasteiger charge is -2.25. The van der Waals surface area contributed by atoms with Gasteiger partial charge in [0.1, 0.15) is 5.82 Å².